The lowest BCUT2D eigenvalue weighted by Gasteiger charge is -2.23. The first kappa shape index (κ1) is 10.5. The minimum absolute atomic E-state index is 0.0702. The van der Waals surface area contributed by atoms with Crippen molar-refractivity contribution in [2.45, 2.75) is 39.2 Å². The van der Waals surface area contributed by atoms with E-state index in [1.807, 2.05) is 20.8 Å². The highest BCUT2D eigenvalue weighted by atomic mass is 16.6. The zero-order valence-electron chi connectivity index (χ0n) is 8.67. The molecule has 0 heterocycles. The van der Waals surface area contributed by atoms with E-state index < -0.39 is 0 Å². The van der Waals surface area contributed by atoms with Crippen LogP contribution in [0.15, 0.2) is 0 Å². The smallest absolute Gasteiger partial charge is 0.311 e. The van der Waals surface area contributed by atoms with E-state index in [-0.39, 0.29) is 17.5 Å². The van der Waals surface area contributed by atoms with Crippen molar-refractivity contribution in [1.29, 1.82) is 0 Å². The Labute approximate surface area is 79.6 Å². The summed E-state index contributed by atoms with van der Waals surface area (Å²) in [5, 5.41) is 0. The lowest BCUT2D eigenvalue weighted by molar-refractivity contribution is -0.160. The van der Waals surface area contributed by atoms with Crippen LogP contribution in [0.25, 0.3) is 0 Å². The molecule has 1 rings (SSSR count). The molecule has 2 N–H and O–H groups in total. The lowest BCUT2D eigenvalue weighted by atomic mass is 10.0. The molecule has 1 fully saturated rings. The molecule has 3 heteroatoms. The minimum Gasteiger partial charge on any atom is -0.460 e. The van der Waals surface area contributed by atoms with Gasteiger partial charge >= 0.3 is 5.97 Å². The third kappa shape index (κ3) is 3.35. The van der Waals surface area contributed by atoms with Crippen LogP contribution in [0.5, 0.6) is 0 Å². The molecule has 1 aliphatic carbocycles. The Bertz CT molecular complexity index is 192. The summed E-state index contributed by atoms with van der Waals surface area (Å²) in [6, 6.07) is 0. The Morgan fingerprint density at radius 2 is 2.08 bits per heavy atom. The Morgan fingerprint density at radius 1 is 1.54 bits per heavy atom. The highest BCUT2D eigenvalue weighted by Gasteiger charge is 2.37. The Morgan fingerprint density at radius 3 is 2.38 bits per heavy atom. The van der Waals surface area contributed by atoms with Gasteiger partial charge in [0.25, 0.3) is 0 Å². The number of hydrogen-bond donors (Lipinski definition) is 1. The molecular formula is C10H19NO2. The molecule has 0 amide bonds. The van der Waals surface area contributed by atoms with Gasteiger partial charge in [0.05, 0.1) is 5.92 Å². The van der Waals surface area contributed by atoms with Crippen molar-refractivity contribution >= 4 is 5.97 Å². The lowest BCUT2D eigenvalue weighted by Crippen LogP contribution is -2.33. The average Bonchev–Trinajstić information content (AvgIpc) is 2.68. The summed E-state index contributed by atoms with van der Waals surface area (Å²) in [7, 11) is 0. The maximum Gasteiger partial charge on any atom is 0.311 e. The Kier molecular flexibility index (Phi) is 2.96. The predicted octanol–water partition coefficient (Wildman–Crippen LogP) is 1.31. The van der Waals surface area contributed by atoms with E-state index in [0.717, 1.165) is 12.8 Å². The second kappa shape index (κ2) is 3.66. The van der Waals surface area contributed by atoms with E-state index in [2.05, 4.69) is 0 Å². The maximum atomic E-state index is 11.6. The van der Waals surface area contributed by atoms with Gasteiger partial charge in [0.2, 0.25) is 0 Å². The van der Waals surface area contributed by atoms with Gasteiger partial charge in [-0.05, 0) is 39.5 Å². The van der Waals surface area contributed by atoms with Crippen LogP contribution in [-0.4, -0.2) is 18.1 Å². The van der Waals surface area contributed by atoms with E-state index in [0.29, 0.717) is 12.5 Å². The number of esters is 1. The molecule has 1 aliphatic rings. The number of rotatable bonds is 3. The maximum absolute atomic E-state index is 11.6. The molecule has 76 valence electrons. The fourth-order valence-corrected chi connectivity index (χ4v) is 1.36. The molecule has 1 unspecified atom stereocenters. The zero-order valence-corrected chi connectivity index (χ0v) is 8.67. The normalized spacial score (nSPS) is 19.7. The van der Waals surface area contributed by atoms with Crippen molar-refractivity contribution in [2.75, 3.05) is 6.54 Å². The van der Waals surface area contributed by atoms with Crippen molar-refractivity contribution in [1.82, 2.24) is 0 Å². The van der Waals surface area contributed by atoms with E-state index in [9.17, 15) is 4.79 Å². The molecule has 1 atom stereocenters. The quantitative estimate of drug-likeness (QED) is 0.674. The van der Waals surface area contributed by atoms with Crippen LogP contribution in [0.2, 0.25) is 0 Å². The van der Waals surface area contributed by atoms with Crippen molar-refractivity contribution in [3.8, 4) is 0 Å². The van der Waals surface area contributed by atoms with Gasteiger partial charge in [-0.3, -0.25) is 4.79 Å². The highest BCUT2D eigenvalue weighted by molar-refractivity contribution is 5.73. The summed E-state index contributed by atoms with van der Waals surface area (Å²) < 4.78 is 5.27. The van der Waals surface area contributed by atoms with E-state index >= 15 is 0 Å². The van der Waals surface area contributed by atoms with E-state index in [1.165, 1.54) is 0 Å². The van der Waals surface area contributed by atoms with Crippen LogP contribution >= 0.6 is 0 Å². The van der Waals surface area contributed by atoms with Crippen molar-refractivity contribution in [3.05, 3.63) is 0 Å². The minimum atomic E-state index is -0.389. The fraction of sp³-hybridized carbons (Fsp3) is 0.900. The second-order valence-corrected chi connectivity index (χ2v) is 4.71. The van der Waals surface area contributed by atoms with Gasteiger partial charge < -0.3 is 10.5 Å². The molecule has 0 saturated heterocycles. The third-order valence-electron chi connectivity index (χ3n) is 2.15. The molecule has 0 aromatic rings. The molecule has 0 aliphatic heterocycles. The SMILES string of the molecule is CC(C)(C)OC(=O)C(CN)C1CC1. The summed E-state index contributed by atoms with van der Waals surface area (Å²) in [6.45, 7) is 6.06. The van der Waals surface area contributed by atoms with Gasteiger partial charge in [0.15, 0.2) is 0 Å². The molecule has 0 aromatic heterocycles. The van der Waals surface area contributed by atoms with E-state index in [4.69, 9.17) is 10.5 Å². The van der Waals surface area contributed by atoms with Crippen molar-refractivity contribution < 1.29 is 9.53 Å². The summed E-state index contributed by atoms with van der Waals surface area (Å²) in [6.07, 6.45) is 2.25. The third-order valence-corrected chi connectivity index (χ3v) is 2.15. The first-order valence-electron chi connectivity index (χ1n) is 4.87. The molecule has 3 nitrogen and oxygen atoms in total. The van der Waals surface area contributed by atoms with E-state index in [1.54, 1.807) is 0 Å². The van der Waals surface area contributed by atoms with Gasteiger partial charge in [-0.1, -0.05) is 0 Å². The first-order valence-corrected chi connectivity index (χ1v) is 4.87. The highest BCUT2D eigenvalue weighted by Crippen LogP contribution is 2.37. The van der Waals surface area contributed by atoms with Crippen molar-refractivity contribution in [2.24, 2.45) is 17.6 Å². The van der Waals surface area contributed by atoms with Crippen LogP contribution in [0.1, 0.15) is 33.6 Å². The number of ether oxygens (including phenoxy) is 1. The fourth-order valence-electron chi connectivity index (χ4n) is 1.36. The van der Waals surface area contributed by atoms with Gasteiger partial charge in [-0.15, -0.1) is 0 Å². The summed E-state index contributed by atoms with van der Waals surface area (Å²) >= 11 is 0. The molecule has 0 aromatic carbocycles. The summed E-state index contributed by atoms with van der Waals surface area (Å²) in [4.78, 5) is 11.6. The number of hydrogen-bond acceptors (Lipinski definition) is 3. The van der Waals surface area contributed by atoms with Crippen LogP contribution in [0.3, 0.4) is 0 Å². The van der Waals surface area contributed by atoms with Crippen LogP contribution in [-0.2, 0) is 9.53 Å². The van der Waals surface area contributed by atoms with Crippen LogP contribution < -0.4 is 5.73 Å². The second-order valence-electron chi connectivity index (χ2n) is 4.71. The largest absolute Gasteiger partial charge is 0.460 e. The molecular weight excluding hydrogens is 166 g/mol. The van der Waals surface area contributed by atoms with Crippen LogP contribution in [0.4, 0.5) is 0 Å². The molecule has 0 radical (unpaired) electrons. The van der Waals surface area contributed by atoms with Crippen molar-refractivity contribution in [3.63, 3.8) is 0 Å². The molecule has 0 spiro atoms. The monoisotopic (exact) mass is 185 g/mol. The molecule has 0 bridgehead atoms. The van der Waals surface area contributed by atoms with Crippen LogP contribution in [0, 0.1) is 11.8 Å². The summed E-state index contributed by atoms with van der Waals surface area (Å²) in [5.74, 6) is 0.288. The topological polar surface area (TPSA) is 52.3 Å². The number of carbonyl (C=O) groups is 1. The zero-order chi connectivity index (χ0) is 10.1. The molecule has 13 heavy (non-hydrogen) atoms. The van der Waals surface area contributed by atoms with Gasteiger partial charge in [-0.25, -0.2) is 0 Å². The Balaban J connectivity index is 2.44. The first-order chi connectivity index (χ1) is 5.94. The predicted molar refractivity (Wildman–Crippen MR) is 51.1 cm³/mol. The number of nitrogens with two attached hydrogens (primary N) is 1. The summed E-state index contributed by atoms with van der Waals surface area (Å²) in [5.41, 5.74) is 5.14. The van der Waals surface area contributed by atoms with Gasteiger partial charge in [-0.2, -0.15) is 0 Å². The average molecular weight is 185 g/mol. The van der Waals surface area contributed by atoms with Gasteiger partial charge in [0, 0.05) is 6.54 Å². The number of carbonyl (C=O) groups excluding carboxylic acids is 1. The standard InChI is InChI=1S/C10H19NO2/c1-10(2,3)13-9(12)8(6-11)7-4-5-7/h7-8H,4-6,11H2,1-3H3. The Hall–Kier alpha value is -0.570. The molecule has 1 saturated carbocycles. The van der Waals surface area contributed by atoms with Gasteiger partial charge in [0.1, 0.15) is 5.60 Å².